The number of nitrogens with zero attached hydrogens (tertiary/aromatic N) is 4. The lowest BCUT2D eigenvalue weighted by Crippen LogP contribution is -2.35. The van der Waals surface area contributed by atoms with E-state index in [-0.39, 0.29) is 11.8 Å². The first-order chi connectivity index (χ1) is 14.2. The van der Waals surface area contributed by atoms with Crippen molar-refractivity contribution >= 4 is 23.1 Å². The van der Waals surface area contributed by atoms with Gasteiger partial charge in [0.1, 0.15) is 11.6 Å². The first-order valence-corrected chi connectivity index (χ1v) is 11.1. The Kier molecular flexibility index (Phi) is 4.97. The first-order valence-electron chi connectivity index (χ1n) is 10.2. The Morgan fingerprint density at radius 1 is 1.28 bits per heavy atom. The minimum absolute atomic E-state index is 0.132. The van der Waals surface area contributed by atoms with Gasteiger partial charge in [-0.1, -0.05) is 6.07 Å². The van der Waals surface area contributed by atoms with Crippen LogP contribution >= 0.6 is 11.3 Å². The number of hydrogen-bond donors (Lipinski definition) is 1. The van der Waals surface area contributed by atoms with Crippen LogP contribution in [0, 0.1) is 12.8 Å². The molecule has 0 radical (unpaired) electrons. The van der Waals surface area contributed by atoms with Gasteiger partial charge in [0.15, 0.2) is 0 Å². The number of anilines is 1. The highest BCUT2D eigenvalue weighted by Crippen LogP contribution is 2.32. The van der Waals surface area contributed by atoms with Crippen LogP contribution in [0.4, 0.5) is 5.82 Å². The minimum atomic E-state index is 0.132. The zero-order chi connectivity index (χ0) is 19.8. The van der Waals surface area contributed by atoms with Crippen molar-refractivity contribution in [1.82, 2.24) is 19.7 Å². The molecule has 1 saturated heterocycles. The molecule has 4 heterocycles. The van der Waals surface area contributed by atoms with E-state index in [2.05, 4.69) is 15.3 Å². The molecule has 0 atom stereocenters. The molecule has 0 spiro atoms. The molecule has 0 unspecified atom stereocenters. The van der Waals surface area contributed by atoms with Gasteiger partial charge in [0.05, 0.1) is 22.8 Å². The molecule has 1 saturated carbocycles. The van der Waals surface area contributed by atoms with Crippen LogP contribution in [0.5, 0.6) is 0 Å². The number of aryl methyl sites for hydroxylation is 1. The van der Waals surface area contributed by atoms with Crippen LogP contribution in [0.25, 0.3) is 10.8 Å². The number of amides is 1. The van der Waals surface area contributed by atoms with Crippen LogP contribution < -0.4 is 5.32 Å². The summed E-state index contributed by atoms with van der Waals surface area (Å²) in [6.07, 6.45) is 5.80. The summed E-state index contributed by atoms with van der Waals surface area (Å²) in [5.74, 6) is 2.77. The normalized spacial score (nSPS) is 18.2. The molecule has 29 heavy (non-hydrogen) atoms. The Morgan fingerprint density at radius 3 is 2.83 bits per heavy atom. The van der Waals surface area contributed by atoms with Crippen LogP contribution in [0.15, 0.2) is 34.2 Å². The van der Waals surface area contributed by atoms with Crippen LogP contribution in [-0.4, -0.2) is 38.7 Å². The van der Waals surface area contributed by atoms with E-state index in [1.165, 1.54) is 0 Å². The second kappa shape index (κ2) is 7.76. The monoisotopic (exact) mass is 411 g/mol. The third-order valence-electron chi connectivity index (χ3n) is 5.77. The molecular formula is C21H25N5O2S. The molecule has 8 heteroatoms. The lowest BCUT2D eigenvalue weighted by atomic mass is 10.0. The van der Waals surface area contributed by atoms with Crippen molar-refractivity contribution in [3.05, 3.63) is 41.2 Å². The largest absolute Gasteiger partial charge is 0.440 e. The van der Waals surface area contributed by atoms with Crippen LogP contribution in [0.1, 0.15) is 43.2 Å². The van der Waals surface area contributed by atoms with Gasteiger partial charge in [-0.25, -0.2) is 9.67 Å². The lowest BCUT2D eigenvalue weighted by Gasteiger charge is -2.32. The summed E-state index contributed by atoms with van der Waals surface area (Å²) in [6, 6.07) is 6.27. The van der Waals surface area contributed by atoms with Crippen molar-refractivity contribution in [1.29, 1.82) is 0 Å². The topological polar surface area (TPSA) is 76.2 Å². The second-order valence-corrected chi connectivity index (χ2v) is 8.88. The molecular weight excluding hydrogens is 386 g/mol. The van der Waals surface area contributed by atoms with Crippen molar-refractivity contribution in [3.8, 4) is 10.8 Å². The van der Waals surface area contributed by atoms with Gasteiger partial charge < -0.3 is 9.73 Å². The third-order valence-corrected chi connectivity index (χ3v) is 6.63. The quantitative estimate of drug-likeness (QED) is 0.661. The molecule has 1 aliphatic carbocycles. The number of carbonyl (C=O) groups is 1. The highest BCUT2D eigenvalue weighted by Gasteiger charge is 2.31. The van der Waals surface area contributed by atoms with Gasteiger partial charge in [0.25, 0.3) is 0 Å². The number of oxazole rings is 1. The lowest BCUT2D eigenvalue weighted by molar-refractivity contribution is -0.117. The molecule has 2 fully saturated rings. The average molecular weight is 412 g/mol. The maximum atomic E-state index is 12.1. The van der Waals surface area contributed by atoms with Crippen molar-refractivity contribution in [2.75, 3.05) is 18.4 Å². The summed E-state index contributed by atoms with van der Waals surface area (Å²) in [4.78, 5) is 20.3. The standard InChI is InChI=1S/C21H25N5O2S/c1-14-17(23-21(28-14)18-3-2-12-29-18)13-25-10-7-16(8-11-25)26-19(6-9-22-26)24-20(27)15-4-5-15/h2-3,6,9,12,15-16H,4-5,7-8,10-11,13H2,1H3,(H,24,27). The van der Waals surface area contributed by atoms with Gasteiger partial charge in [-0.05, 0) is 44.1 Å². The summed E-state index contributed by atoms with van der Waals surface area (Å²) in [7, 11) is 0. The Balaban J connectivity index is 1.19. The number of hydrogen-bond acceptors (Lipinski definition) is 6. The van der Waals surface area contributed by atoms with Gasteiger partial charge in [0.2, 0.25) is 11.8 Å². The molecule has 3 aromatic heterocycles. The number of aromatic nitrogens is 3. The van der Waals surface area contributed by atoms with Gasteiger partial charge in [-0.3, -0.25) is 9.69 Å². The van der Waals surface area contributed by atoms with Crippen molar-refractivity contribution < 1.29 is 9.21 Å². The van der Waals surface area contributed by atoms with Gasteiger partial charge in [-0.15, -0.1) is 11.3 Å². The highest BCUT2D eigenvalue weighted by atomic mass is 32.1. The predicted molar refractivity (Wildman–Crippen MR) is 112 cm³/mol. The summed E-state index contributed by atoms with van der Waals surface area (Å²) >= 11 is 1.64. The molecule has 0 aromatic carbocycles. The summed E-state index contributed by atoms with van der Waals surface area (Å²) in [5, 5.41) is 9.57. The Bertz CT molecular complexity index is 981. The van der Waals surface area contributed by atoms with E-state index in [0.29, 0.717) is 6.04 Å². The predicted octanol–water partition coefficient (Wildman–Crippen LogP) is 4.09. The molecule has 5 rings (SSSR count). The zero-order valence-corrected chi connectivity index (χ0v) is 17.3. The second-order valence-electron chi connectivity index (χ2n) is 7.93. The number of nitrogens with one attached hydrogen (secondary N) is 1. The Hall–Kier alpha value is -2.45. The van der Waals surface area contributed by atoms with Gasteiger partial charge in [0, 0.05) is 31.6 Å². The van der Waals surface area contributed by atoms with Crippen molar-refractivity contribution in [3.63, 3.8) is 0 Å². The number of likely N-dealkylation sites (tertiary alicyclic amines) is 1. The van der Waals surface area contributed by atoms with E-state index in [9.17, 15) is 4.79 Å². The number of thiophene rings is 1. The molecule has 0 bridgehead atoms. The summed E-state index contributed by atoms with van der Waals surface area (Å²) < 4.78 is 7.87. The molecule has 1 amide bonds. The first kappa shape index (κ1) is 18.6. The van der Waals surface area contributed by atoms with E-state index in [1.807, 2.05) is 35.2 Å². The minimum Gasteiger partial charge on any atom is -0.440 e. The van der Waals surface area contributed by atoms with Crippen molar-refractivity contribution in [2.45, 2.75) is 45.2 Å². The maximum absolute atomic E-state index is 12.1. The summed E-state index contributed by atoms with van der Waals surface area (Å²) in [6.45, 7) is 4.74. The maximum Gasteiger partial charge on any atom is 0.236 e. The average Bonchev–Trinajstić information content (AvgIpc) is 3.10. The molecule has 152 valence electrons. The number of carbonyl (C=O) groups excluding carboxylic acids is 1. The molecule has 3 aromatic rings. The molecule has 2 aliphatic rings. The summed E-state index contributed by atoms with van der Waals surface area (Å²) in [5.41, 5.74) is 1.02. The van der Waals surface area contributed by atoms with Gasteiger partial charge >= 0.3 is 0 Å². The molecule has 1 N–H and O–H groups in total. The van der Waals surface area contributed by atoms with Gasteiger partial charge in [-0.2, -0.15) is 5.10 Å². The fraction of sp³-hybridized carbons (Fsp3) is 0.476. The van der Waals surface area contributed by atoms with Crippen LogP contribution in [0.2, 0.25) is 0 Å². The van der Waals surface area contributed by atoms with Crippen molar-refractivity contribution in [2.24, 2.45) is 5.92 Å². The Morgan fingerprint density at radius 2 is 2.10 bits per heavy atom. The Labute approximate surface area is 173 Å². The third kappa shape index (κ3) is 4.00. The van der Waals surface area contributed by atoms with Crippen LogP contribution in [-0.2, 0) is 11.3 Å². The van der Waals surface area contributed by atoms with Crippen LogP contribution in [0.3, 0.4) is 0 Å². The molecule has 7 nitrogen and oxygen atoms in total. The van der Waals surface area contributed by atoms with E-state index >= 15 is 0 Å². The number of piperidine rings is 1. The highest BCUT2D eigenvalue weighted by molar-refractivity contribution is 7.13. The fourth-order valence-corrected chi connectivity index (χ4v) is 4.54. The zero-order valence-electron chi connectivity index (χ0n) is 16.5. The fourth-order valence-electron chi connectivity index (χ4n) is 3.89. The van der Waals surface area contributed by atoms with E-state index in [0.717, 1.165) is 73.4 Å². The van der Waals surface area contributed by atoms with E-state index in [4.69, 9.17) is 9.40 Å². The van der Waals surface area contributed by atoms with E-state index < -0.39 is 0 Å². The van der Waals surface area contributed by atoms with E-state index in [1.54, 1.807) is 17.5 Å². The SMILES string of the molecule is Cc1oc(-c2cccs2)nc1CN1CCC(n2nccc2NC(=O)C2CC2)CC1. The molecule has 1 aliphatic heterocycles. The smallest absolute Gasteiger partial charge is 0.236 e. The number of rotatable bonds is 6.